The molecular formula is C17H29N3O. The van der Waals surface area contributed by atoms with Crippen LogP contribution >= 0.6 is 0 Å². The van der Waals surface area contributed by atoms with Crippen LogP contribution in [0.1, 0.15) is 43.4 Å². The minimum atomic E-state index is 0.336. The fourth-order valence-electron chi connectivity index (χ4n) is 3.73. The third-order valence-corrected chi connectivity index (χ3v) is 4.99. The van der Waals surface area contributed by atoms with Crippen LogP contribution in [0, 0.1) is 0 Å². The first-order valence-electron chi connectivity index (χ1n) is 8.50. The van der Waals surface area contributed by atoms with Gasteiger partial charge in [-0.3, -0.25) is 4.90 Å². The fourth-order valence-corrected chi connectivity index (χ4v) is 3.73. The Hall–Kier alpha value is -0.840. The number of rotatable bonds is 4. The maximum absolute atomic E-state index is 5.95. The summed E-state index contributed by atoms with van der Waals surface area (Å²) in [6.07, 6.45) is 10.2. The standard InChI is InChI=1S/C17H29N3O/c1-3-19-8-9-21-15(11-19)12-20-10-14-6-4-5-7-17(18-2)16(14)13-20/h10,13,15,17-18H,3-9,11-12H2,1-2H3. The summed E-state index contributed by atoms with van der Waals surface area (Å²) in [5, 5.41) is 3.48. The molecule has 1 saturated heterocycles. The van der Waals surface area contributed by atoms with E-state index >= 15 is 0 Å². The second-order valence-corrected chi connectivity index (χ2v) is 6.41. The Balaban J connectivity index is 1.69. The molecule has 1 aliphatic heterocycles. The lowest BCUT2D eigenvalue weighted by Gasteiger charge is -2.32. The zero-order chi connectivity index (χ0) is 14.7. The molecule has 2 unspecified atom stereocenters. The molecule has 2 aliphatic rings. The molecular weight excluding hydrogens is 262 g/mol. The molecule has 0 aromatic carbocycles. The van der Waals surface area contributed by atoms with Crippen LogP contribution in [0.4, 0.5) is 0 Å². The lowest BCUT2D eigenvalue weighted by molar-refractivity contribution is -0.0342. The van der Waals surface area contributed by atoms with Crippen molar-refractivity contribution in [2.45, 2.75) is 51.3 Å². The number of nitrogens with one attached hydrogen (secondary N) is 1. The number of fused-ring (bicyclic) bond motifs is 1. The molecule has 0 amide bonds. The summed E-state index contributed by atoms with van der Waals surface area (Å²) >= 11 is 0. The highest BCUT2D eigenvalue weighted by Gasteiger charge is 2.22. The molecule has 0 radical (unpaired) electrons. The fraction of sp³-hybridized carbons (Fsp3) is 0.765. The summed E-state index contributed by atoms with van der Waals surface area (Å²) in [4.78, 5) is 2.49. The first-order valence-corrected chi connectivity index (χ1v) is 8.50. The highest BCUT2D eigenvalue weighted by atomic mass is 16.5. The zero-order valence-corrected chi connectivity index (χ0v) is 13.5. The van der Waals surface area contributed by atoms with E-state index in [9.17, 15) is 0 Å². The topological polar surface area (TPSA) is 29.4 Å². The van der Waals surface area contributed by atoms with Gasteiger partial charge in [0, 0.05) is 38.1 Å². The quantitative estimate of drug-likeness (QED) is 0.862. The van der Waals surface area contributed by atoms with Gasteiger partial charge in [0.05, 0.1) is 12.7 Å². The largest absolute Gasteiger partial charge is 0.374 e. The van der Waals surface area contributed by atoms with Gasteiger partial charge in [-0.05, 0) is 44.0 Å². The van der Waals surface area contributed by atoms with Gasteiger partial charge in [-0.1, -0.05) is 13.3 Å². The molecule has 1 N–H and O–H groups in total. The number of morpholine rings is 1. The highest BCUT2D eigenvalue weighted by Crippen LogP contribution is 2.29. The van der Waals surface area contributed by atoms with E-state index in [1.807, 2.05) is 0 Å². The molecule has 0 spiro atoms. The molecule has 1 aromatic rings. The third kappa shape index (κ3) is 3.50. The second kappa shape index (κ2) is 6.95. The molecule has 2 heterocycles. The minimum absolute atomic E-state index is 0.336. The van der Waals surface area contributed by atoms with E-state index in [0.717, 1.165) is 32.8 Å². The predicted molar refractivity (Wildman–Crippen MR) is 85.6 cm³/mol. The van der Waals surface area contributed by atoms with E-state index in [1.165, 1.54) is 36.8 Å². The first kappa shape index (κ1) is 15.1. The number of hydrogen-bond acceptors (Lipinski definition) is 3. The molecule has 1 aliphatic carbocycles. The molecule has 1 fully saturated rings. The Morgan fingerprint density at radius 3 is 3.05 bits per heavy atom. The van der Waals surface area contributed by atoms with Gasteiger partial charge in [-0.25, -0.2) is 0 Å². The molecule has 4 nitrogen and oxygen atoms in total. The smallest absolute Gasteiger partial charge is 0.0880 e. The van der Waals surface area contributed by atoms with Crippen LogP contribution in [0.2, 0.25) is 0 Å². The number of aryl methyl sites for hydroxylation is 1. The van der Waals surface area contributed by atoms with Crippen LogP contribution in [0.15, 0.2) is 12.4 Å². The maximum Gasteiger partial charge on any atom is 0.0880 e. The van der Waals surface area contributed by atoms with E-state index < -0.39 is 0 Å². The molecule has 3 rings (SSSR count). The normalized spacial score (nSPS) is 27.3. The molecule has 0 bridgehead atoms. The molecule has 2 atom stereocenters. The summed E-state index contributed by atoms with van der Waals surface area (Å²) in [6, 6.07) is 0.531. The van der Waals surface area contributed by atoms with Gasteiger partial charge in [0.1, 0.15) is 0 Å². The Morgan fingerprint density at radius 2 is 2.24 bits per heavy atom. The molecule has 0 saturated carbocycles. The lowest BCUT2D eigenvalue weighted by Crippen LogP contribution is -2.43. The van der Waals surface area contributed by atoms with Crippen molar-refractivity contribution in [2.24, 2.45) is 0 Å². The second-order valence-electron chi connectivity index (χ2n) is 6.41. The van der Waals surface area contributed by atoms with Gasteiger partial charge in [0.15, 0.2) is 0 Å². The average molecular weight is 291 g/mol. The average Bonchev–Trinajstić information content (AvgIpc) is 2.80. The summed E-state index contributed by atoms with van der Waals surface area (Å²) in [7, 11) is 2.08. The van der Waals surface area contributed by atoms with Crippen molar-refractivity contribution >= 4 is 0 Å². The van der Waals surface area contributed by atoms with Gasteiger partial charge in [-0.15, -0.1) is 0 Å². The van der Waals surface area contributed by atoms with Gasteiger partial charge < -0.3 is 14.6 Å². The summed E-state index contributed by atoms with van der Waals surface area (Å²) in [6.45, 7) is 7.37. The number of nitrogens with zero attached hydrogens (tertiary/aromatic N) is 2. The molecule has 118 valence electrons. The zero-order valence-electron chi connectivity index (χ0n) is 13.5. The van der Waals surface area contributed by atoms with Crippen molar-refractivity contribution in [3.63, 3.8) is 0 Å². The third-order valence-electron chi connectivity index (χ3n) is 4.99. The highest BCUT2D eigenvalue weighted by molar-refractivity contribution is 5.29. The maximum atomic E-state index is 5.95. The van der Waals surface area contributed by atoms with Crippen LogP contribution in [0.5, 0.6) is 0 Å². The number of aromatic nitrogens is 1. The van der Waals surface area contributed by atoms with Gasteiger partial charge in [0.25, 0.3) is 0 Å². The van der Waals surface area contributed by atoms with E-state index in [-0.39, 0.29) is 0 Å². The van der Waals surface area contributed by atoms with Crippen LogP contribution < -0.4 is 5.32 Å². The van der Waals surface area contributed by atoms with Crippen molar-refractivity contribution in [1.29, 1.82) is 0 Å². The van der Waals surface area contributed by atoms with E-state index in [0.29, 0.717) is 12.1 Å². The molecule has 1 aromatic heterocycles. The van der Waals surface area contributed by atoms with Gasteiger partial charge in [-0.2, -0.15) is 0 Å². The van der Waals surface area contributed by atoms with Crippen molar-refractivity contribution in [3.05, 3.63) is 23.5 Å². The minimum Gasteiger partial charge on any atom is -0.374 e. The Kier molecular flexibility index (Phi) is 4.99. The van der Waals surface area contributed by atoms with Crippen LogP contribution in [0.25, 0.3) is 0 Å². The van der Waals surface area contributed by atoms with Crippen LogP contribution in [-0.4, -0.2) is 48.9 Å². The first-order chi connectivity index (χ1) is 10.3. The summed E-state index contributed by atoms with van der Waals surface area (Å²) in [5.74, 6) is 0. The SMILES string of the molecule is CCN1CCOC(Cn2cc3c(c2)C(NC)CCCC3)C1. The van der Waals surface area contributed by atoms with Crippen molar-refractivity contribution in [3.8, 4) is 0 Å². The van der Waals surface area contributed by atoms with E-state index in [2.05, 4.69) is 41.1 Å². The van der Waals surface area contributed by atoms with E-state index in [4.69, 9.17) is 4.74 Å². The number of hydrogen-bond donors (Lipinski definition) is 1. The molecule has 21 heavy (non-hydrogen) atoms. The predicted octanol–water partition coefficient (Wildman–Crippen LogP) is 2.20. The summed E-state index contributed by atoms with van der Waals surface area (Å²) < 4.78 is 8.31. The van der Waals surface area contributed by atoms with Gasteiger partial charge >= 0.3 is 0 Å². The number of likely N-dealkylation sites (N-methyl/N-ethyl adjacent to an activating group) is 1. The monoisotopic (exact) mass is 291 g/mol. The lowest BCUT2D eigenvalue weighted by atomic mass is 10.1. The van der Waals surface area contributed by atoms with Crippen molar-refractivity contribution in [1.82, 2.24) is 14.8 Å². The van der Waals surface area contributed by atoms with Crippen LogP contribution in [-0.2, 0) is 17.7 Å². The van der Waals surface area contributed by atoms with E-state index in [1.54, 1.807) is 0 Å². The van der Waals surface area contributed by atoms with Crippen molar-refractivity contribution < 1.29 is 4.74 Å². The van der Waals surface area contributed by atoms with Crippen molar-refractivity contribution in [2.75, 3.05) is 33.3 Å². The van der Waals surface area contributed by atoms with Crippen LogP contribution in [0.3, 0.4) is 0 Å². The summed E-state index contributed by atoms with van der Waals surface area (Å²) in [5.41, 5.74) is 3.05. The molecule has 4 heteroatoms. The Bertz CT molecular complexity index is 457. The number of ether oxygens (including phenoxy) is 1. The Morgan fingerprint density at radius 1 is 1.33 bits per heavy atom. The Labute approximate surface area is 128 Å². The van der Waals surface area contributed by atoms with Gasteiger partial charge in [0.2, 0.25) is 0 Å².